The van der Waals surface area contributed by atoms with Crippen LogP contribution in [0.4, 0.5) is 17.1 Å². The molecular weight excluding hydrogens is 345 g/mol. The van der Waals surface area contributed by atoms with Gasteiger partial charge in [0.2, 0.25) is 0 Å². The van der Waals surface area contributed by atoms with Gasteiger partial charge in [0.15, 0.2) is 5.11 Å². The molecule has 2 N–H and O–H groups in total. The van der Waals surface area contributed by atoms with Crippen LogP contribution in [0, 0.1) is 17.0 Å². The van der Waals surface area contributed by atoms with Crippen LogP contribution in [0.2, 0.25) is 10.0 Å². The highest BCUT2D eigenvalue weighted by Gasteiger charge is 2.10. The highest BCUT2D eigenvalue weighted by atomic mass is 35.5. The molecule has 5 nitrogen and oxygen atoms in total. The third kappa shape index (κ3) is 3.85. The van der Waals surface area contributed by atoms with E-state index in [1.807, 2.05) is 0 Å². The molecule has 0 atom stereocenters. The molecule has 114 valence electrons. The molecule has 0 aliphatic rings. The number of nitro groups is 1. The number of nitrogens with zero attached hydrogens (tertiary/aromatic N) is 1. The summed E-state index contributed by atoms with van der Waals surface area (Å²) >= 11 is 17.2. The number of hydrogen-bond acceptors (Lipinski definition) is 3. The van der Waals surface area contributed by atoms with E-state index in [1.165, 1.54) is 12.1 Å². The Morgan fingerprint density at radius 2 is 1.86 bits per heavy atom. The van der Waals surface area contributed by atoms with Crippen LogP contribution in [0.15, 0.2) is 36.4 Å². The summed E-state index contributed by atoms with van der Waals surface area (Å²) in [6, 6.07) is 9.63. The first-order valence-electron chi connectivity index (χ1n) is 6.15. The van der Waals surface area contributed by atoms with E-state index in [2.05, 4.69) is 10.6 Å². The van der Waals surface area contributed by atoms with Gasteiger partial charge in [-0.2, -0.15) is 0 Å². The van der Waals surface area contributed by atoms with E-state index >= 15 is 0 Å². The van der Waals surface area contributed by atoms with Crippen molar-refractivity contribution in [2.75, 3.05) is 10.6 Å². The van der Waals surface area contributed by atoms with Gasteiger partial charge in [0.25, 0.3) is 5.69 Å². The van der Waals surface area contributed by atoms with Crippen molar-refractivity contribution in [1.29, 1.82) is 0 Å². The summed E-state index contributed by atoms with van der Waals surface area (Å²) in [4.78, 5) is 10.3. The first-order chi connectivity index (χ1) is 10.4. The molecule has 0 saturated heterocycles. The number of hydrogen-bond donors (Lipinski definition) is 2. The minimum atomic E-state index is -0.445. The predicted octanol–water partition coefficient (Wildman–Crippen LogP) is 5.02. The molecule has 0 heterocycles. The van der Waals surface area contributed by atoms with Gasteiger partial charge >= 0.3 is 0 Å². The summed E-state index contributed by atoms with van der Waals surface area (Å²) in [5.74, 6) is 0. The molecular formula is C14H11Cl2N3O2S. The van der Waals surface area contributed by atoms with Crippen LogP contribution in [0.1, 0.15) is 5.56 Å². The largest absolute Gasteiger partial charge is 0.332 e. The average Bonchev–Trinajstić information content (AvgIpc) is 2.46. The zero-order chi connectivity index (χ0) is 16.3. The molecule has 0 bridgehead atoms. The fraction of sp³-hybridized carbons (Fsp3) is 0.0714. The number of thiocarbonyl (C=S) groups is 1. The molecule has 0 spiro atoms. The van der Waals surface area contributed by atoms with E-state index in [4.69, 9.17) is 35.4 Å². The molecule has 0 radical (unpaired) electrons. The predicted molar refractivity (Wildman–Crippen MR) is 94.1 cm³/mol. The van der Waals surface area contributed by atoms with Gasteiger partial charge < -0.3 is 10.6 Å². The van der Waals surface area contributed by atoms with Gasteiger partial charge in [-0.15, -0.1) is 0 Å². The summed E-state index contributed by atoms with van der Waals surface area (Å²) in [7, 11) is 0. The molecule has 2 aromatic carbocycles. The lowest BCUT2D eigenvalue weighted by Gasteiger charge is -2.13. The Hall–Kier alpha value is -1.89. The van der Waals surface area contributed by atoms with E-state index in [1.54, 1.807) is 31.2 Å². The fourth-order valence-corrected chi connectivity index (χ4v) is 2.35. The number of benzene rings is 2. The smallest absolute Gasteiger partial charge is 0.269 e. The Morgan fingerprint density at radius 3 is 2.50 bits per heavy atom. The standard InChI is InChI=1S/C14H11Cl2N3O2S/c1-8-7-9(19(20)21)5-6-11(8)17-14(22)18-12-4-2-3-10(15)13(12)16/h2-7H,1H3,(H2,17,18,22). The van der Waals surface area contributed by atoms with E-state index in [9.17, 15) is 10.1 Å². The van der Waals surface area contributed by atoms with Crippen molar-refractivity contribution in [2.24, 2.45) is 0 Å². The SMILES string of the molecule is Cc1cc([N+](=O)[O-])ccc1NC(=S)Nc1cccc(Cl)c1Cl. The van der Waals surface area contributed by atoms with Crippen LogP contribution < -0.4 is 10.6 Å². The molecule has 2 rings (SSSR count). The van der Waals surface area contributed by atoms with Crippen molar-refractivity contribution in [3.63, 3.8) is 0 Å². The molecule has 0 fully saturated rings. The summed E-state index contributed by atoms with van der Waals surface area (Å²) in [6.07, 6.45) is 0. The van der Waals surface area contributed by atoms with Crippen LogP contribution in [0.25, 0.3) is 0 Å². The molecule has 0 aliphatic heterocycles. The number of aryl methyl sites for hydroxylation is 1. The highest BCUT2D eigenvalue weighted by molar-refractivity contribution is 7.80. The summed E-state index contributed by atoms with van der Waals surface area (Å²) in [5, 5.41) is 17.7. The third-order valence-corrected chi connectivity index (χ3v) is 3.89. The summed E-state index contributed by atoms with van der Waals surface area (Å²) in [6.45, 7) is 1.75. The molecule has 0 amide bonds. The van der Waals surface area contributed by atoms with Crippen molar-refractivity contribution in [3.8, 4) is 0 Å². The van der Waals surface area contributed by atoms with Crippen molar-refractivity contribution in [3.05, 3.63) is 62.1 Å². The van der Waals surface area contributed by atoms with Gasteiger partial charge in [-0.3, -0.25) is 10.1 Å². The number of anilines is 2. The maximum Gasteiger partial charge on any atom is 0.269 e. The summed E-state index contributed by atoms with van der Waals surface area (Å²) in [5.41, 5.74) is 1.97. The lowest BCUT2D eigenvalue weighted by Crippen LogP contribution is -2.19. The second-order valence-electron chi connectivity index (χ2n) is 4.44. The Bertz CT molecular complexity index is 753. The summed E-state index contributed by atoms with van der Waals surface area (Å²) < 4.78 is 0. The van der Waals surface area contributed by atoms with Crippen molar-refractivity contribution in [1.82, 2.24) is 0 Å². The Balaban J connectivity index is 2.12. The average molecular weight is 356 g/mol. The van der Waals surface area contributed by atoms with Crippen LogP contribution in [0.3, 0.4) is 0 Å². The Morgan fingerprint density at radius 1 is 1.18 bits per heavy atom. The zero-order valence-corrected chi connectivity index (χ0v) is 13.7. The molecule has 8 heteroatoms. The first-order valence-corrected chi connectivity index (χ1v) is 7.32. The molecule has 0 unspecified atom stereocenters. The van der Waals surface area contributed by atoms with Gasteiger partial charge in [-0.05, 0) is 42.9 Å². The van der Waals surface area contributed by atoms with Crippen molar-refractivity contribution in [2.45, 2.75) is 6.92 Å². The second kappa shape index (κ2) is 6.91. The molecule has 0 aromatic heterocycles. The minimum absolute atomic E-state index is 0.0276. The zero-order valence-electron chi connectivity index (χ0n) is 11.4. The van der Waals surface area contributed by atoms with Gasteiger partial charge in [0.05, 0.1) is 20.7 Å². The number of non-ortho nitro benzene ring substituents is 1. The second-order valence-corrected chi connectivity index (χ2v) is 5.63. The van der Waals surface area contributed by atoms with Crippen LogP contribution in [-0.2, 0) is 0 Å². The first kappa shape index (κ1) is 16.5. The minimum Gasteiger partial charge on any atom is -0.332 e. The molecule has 2 aromatic rings. The van der Waals surface area contributed by atoms with E-state index in [-0.39, 0.29) is 5.69 Å². The maximum atomic E-state index is 10.7. The van der Waals surface area contributed by atoms with Crippen molar-refractivity contribution >= 4 is 57.6 Å². The Kier molecular flexibility index (Phi) is 5.18. The number of rotatable bonds is 3. The normalized spacial score (nSPS) is 10.1. The lowest BCUT2D eigenvalue weighted by atomic mass is 10.2. The lowest BCUT2D eigenvalue weighted by molar-refractivity contribution is -0.384. The Labute approximate surface area is 142 Å². The monoisotopic (exact) mass is 355 g/mol. The van der Waals surface area contributed by atoms with Crippen molar-refractivity contribution < 1.29 is 4.92 Å². The fourth-order valence-electron chi connectivity index (χ4n) is 1.78. The van der Waals surface area contributed by atoms with Gasteiger partial charge in [-0.25, -0.2) is 0 Å². The van der Waals surface area contributed by atoms with E-state index in [0.29, 0.717) is 32.1 Å². The number of nitrogens with one attached hydrogen (secondary N) is 2. The number of halogens is 2. The van der Waals surface area contributed by atoms with Crippen LogP contribution in [-0.4, -0.2) is 10.0 Å². The number of nitro benzene ring substituents is 1. The van der Waals surface area contributed by atoms with E-state index < -0.39 is 4.92 Å². The topological polar surface area (TPSA) is 67.2 Å². The van der Waals surface area contributed by atoms with Crippen LogP contribution >= 0.6 is 35.4 Å². The van der Waals surface area contributed by atoms with E-state index in [0.717, 1.165) is 0 Å². The maximum absolute atomic E-state index is 10.7. The van der Waals surface area contributed by atoms with Crippen LogP contribution in [0.5, 0.6) is 0 Å². The van der Waals surface area contributed by atoms with Gasteiger partial charge in [-0.1, -0.05) is 29.3 Å². The van der Waals surface area contributed by atoms with Gasteiger partial charge in [0, 0.05) is 17.8 Å². The molecule has 0 aliphatic carbocycles. The molecule has 22 heavy (non-hydrogen) atoms. The molecule has 0 saturated carbocycles. The highest BCUT2D eigenvalue weighted by Crippen LogP contribution is 2.29. The third-order valence-electron chi connectivity index (χ3n) is 2.87. The quantitative estimate of drug-likeness (QED) is 0.459. The van der Waals surface area contributed by atoms with Gasteiger partial charge in [0.1, 0.15) is 0 Å².